The van der Waals surface area contributed by atoms with E-state index in [1.807, 2.05) is 24.3 Å². The Morgan fingerprint density at radius 2 is 1.88 bits per heavy atom. The fourth-order valence-corrected chi connectivity index (χ4v) is 3.60. The van der Waals surface area contributed by atoms with Crippen molar-refractivity contribution < 1.29 is 10.2 Å². The van der Waals surface area contributed by atoms with Crippen molar-refractivity contribution in [3.8, 4) is 5.75 Å². The molecule has 0 unspecified atom stereocenters. The van der Waals surface area contributed by atoms with Crippen molar-refractivity contribution in [2.75, 3.05) is 6.54 Å². The van der Waals surface area contributed by atoms with Gasteiger partial charge < -0.3 is 10.2 Å². The van der Waals surface area contributed by atoms with Gasteiger partial charge in [0.2, 0.25) is 0 Å². The van der Waals surface area contributed by atoms with E-state index < -0.39 is 0 Å². The highest BCUT2D eigenvalue weighted by Crippen LogP contribution is 2.33. The molecule has 2 aromatic carbocycles. The number of aromatic hydroxyl groups is 1. The molecule has 7 heteroatoms. The van der Waals surface area contributed by atoms with E-state index in [-0.39, 0.29) is 23.9 Å². The maximum absolute atomic E-state index is 10.3. The van der Waals surface area contributed by atoms with Crippen molar-refractivity contribution in [3.05, 3.63) is 64.9 Å². The van der Waals surface area contributed by atoms with E-state index in [9.17, 15) is 10.2 Å². The van der Waals surface area contributed by atoms with Crippen molar-refractivity contribution >= 4 is 39.2 Å². The second-order valence-corrected chi connectivity index (χ2v) is 6.58. The summed E-state index contributed by atoms with van der Waals surface area (Å²) >= 11 is 1.44. The van der Waals surface area contributed by atoms with E-state index in [0.717, 1.165) is 15.8 Å². The van der Waals surface area contributed by atoms with E-state index >= 15 is 0 Å². The van der Waals surface area contributed by atoms with Crippen molar-refractivity contribution in [1.29, 1.82) is 5.41 Å². The first kappa shape index (κ1) is 15.3. The minimum atomic E-state index is 0.0897. The number of aromatic nitrogens is 1. The number of phenolic OH excluding ortho intramolecular Hbond substituents is 1. The number of hydrogen-bond donors (Lipinski definition) is 3. The Morgan fingerprint density at radius 1 is 1.12 bits per heavy atom. The first-order chi connectivity index (χ1) is 12.1. The third-order valence-electron chi connectivity index (χ3n) is 3.83. The zero-order valence-electron chi connectivity index (χ0n) is 13.0. The van der Waals surface area contributed by atoms with Crippen LogP contribution in [0, 0.1) is 5.41 Å². The summed E-state index contributed by atoms with van der Waals surface area (Å²) in [7, 11) is 0. The zero-order chi connectivity index (χ0) is 17.4. The van der Waals surface area contributed by atoms with Crippen molar-refractivity contribution in [1.82, 2.24) is 9.99 Å². The van der Waals surface area contributed by atoms with E-state index in [0.29, 0.717) is 10.6 Å². The predicted octanol–water partition coefficient (Wildman–Crippen LogP) is 3.60. The molecule has 1 aromatic heterocycles. The van der Waals surface area contributed by atoms with Crippen LogP contribution in [0.1, 0.15) is 10.6 Å². The quantitative estimate of drug-likeness (QED) is 0.629. The van der Waals surface area contributed by atoms with Crippen molar-refractivity contribution in [3.63, 3.8) is 0 Å². The highest BCUT2D eigenvalue weighted by molar-refractivity contribution is 7.19. The largest absolute Gasteiger partial charge is 0.509 e. The highest BCUT2D eigenvalue weighted by Gasteiger charge is 2.30. The summed E-state index contributed by atoms with van der Waals surface area (Å²) in [5.41, 5.74) is 2.06. The van der Waals surface area contributed by atoms with Gasteiger partial charge >= 0.3 is 0 Å². The molecule has 1 aliphatic rings. The van der Waals surface area contributed by atoms with Crippen LogP contribution in [0.25, 0.3) is 15.8 Å². The molecule has 6 nitrogen and oxygen atoms in total. The van der Waals surface area contributed by atoms with Gasteiger partial charge in [0.25, 0.3) is 0 Å². The van der Waals surface area contributed by atoms with Crippen LogP contribution in [0.3, 0.4) is 0 Å². The molecule has 0 bridgehead atoms. The molecular weight excluding hydrogens is 336 g/mol. The number of rotatable bonds is 3. The molecule has 124 valence electrons. The summed E-state index contributed by atoms with van der Waals surface area (Å²) < 4.78 is 1.01. The summed E-state index contributed by atoms with van der Waals surface area (Å²) in [6.45, 7) is 0.138. The molecule has 25 heavy (non-hydrogen) atoms. The fourth-order valence-electron chi connectivity index (χ4n) is 2.56. The van der Waals surface area contributed by atoms with E-state index in [1.165, 1.54) is 16.3 Å². The predicted molar refractivity (Wildman–Crippen MR) is 99.3 cm³/mol. The van der Waals surface area contributed by atoms with Gasteiger partial charge in [-0.15, -0.1) is 11.3 Å². The third kappa shape index (κ3) is 2.85. The van der Waals surface area contributed by atoms with Gasteiger partial charge in [-0.1, -0.05) is 12.1 Å². The average Bonchev–Trinajstić information content (AvgIpc) is 3.14. The number of amidine groups is 1. The SMILES string of the molecule is N=C1C(c2nc3ccccc3s2)=C(O)CN1/N=C/c1ccc(O)cc1. The van der Waals surface area contributed by atoms with Gasteiger partial charge in [0.05, 0.1) is 22.0 Å². The topological polar surface area (TPSA) is 92.8 Å². The number of phenols is 1. The number of para-hydroxylation sites is 1. The molecule has 0 saturated heterocycles. The Labute approximate surface area is 147 Å². The summed E-state index contributed by atoms with van der Waals surface area (Å²) in [5, 5.41) is 34.2. The minimum absolute atomic E-state index is 0.0897. The fraction of sp³-hybridized carbons (Fsp3) is 0.0556. The van der Waals surface area contributed by atoms with Crippen LogP contribution in [-0.4, -0.2) is 38.8 Å². The number of benzene rings is 2. The van der Waals surface area contributed by atoms with Crippen LogP contribution in [0.15, 0.2) is 59.4 Å². The molecule has 0 aliphatic carbocycles. The van der Waals surface area contributed by atoms with Gasteiger partial charge in [-0.2, -0.15) is 5.10 Å². The second-order valence-electron chi connectivity index (χ2n) is 5.55. The maximum Gasteiger partial charge on any atom is 0.155 e. The number of hydrazone groups is 1. The number of aliphatic hydroxyl groups excluding tert-OH is 1. The van der Waals surface area contributed by atoms with Crippen LogP contribution < -0.4 is 0 Å². The lowest BCUT2D eigenvalue weighted by molar-refractivity contribution is 0.358. The average molecular weight is 350 g/mol. The lowest BCUT2D eigenvalue weighted by Gasteiger charge is -2.11. The van der Waals surface area contributed by atoms with E-state index in [1.54, 1.807) is 30.5 Å². The normalized spacial score (nSPS) is 15.0. The van der Waals surface area contributed by atoms with Gasteiger partial charge in [-0.3, -0.25) is 5.41 Å². The Morgan fingerprint density at radius 3 is 2.64 bits per heavy atom. The van der Waals surface area contributed by atoms with Gasteiger partial charge in [-0.25, -0.2) is 9.99 Å². The molecule has 0 atom stereocenters. The van der Waals surface area contributed by atoms with Crippen LogP contribution >= 0.6 is 11.3 Å². The van der Waals surface area contributed by atoms with E-state index in [4.69, 9.17) is 5.41 Å². The number of thiazole rings is 1. The Hall–Kier alpha value is -3.19. The summed E-state index contributed by atoms with van der Waals surface area (Å²) in [4.78, 5) is 4.51. The zero-order valence-corrected chi connectivity index (χ0v) is 13.9. The monoisotopic (exact) mass is 350 g/mol. The standard InChI is InChI=1S/C18H14N4O2S/c19-17-16(18-21-13-3-1-2-4-15(13)25-18)14(24)10-22(17)20-9-11-5-7-12(23)8-6-11/h1-9,19,23-24H,10H2/b19-17?,20-9+. The lowest BCUT2D eigenvalue weighted by atomic mass is 10.2. The highest BCUT2D eigenvalue weighted by atomic mass is 32.1. The molecule has 3 aromatic rings. The molecule has 0 saturated carbocycles. The van der Waals surface area contributed by atoms with Crippen molar-refractivity contribution in [2.24, 2.45) is 5.10 Å². The van der Waals surface area contributed by atoms with Gasteiger partial charge in [0.1, 0.15) is 23.1 Å². The number of aliphatic hydroxyl groups is 1. The molecule has 0 radical (unpaired) electrons. The number of nitrogens with one attached hydrogen (secondary N) is 1. The van der Waals surface area contributed by atoms with Crippen molar-refractivity contribution in [2.45, 2.75) is 0 Å². The number of fused-ring (bicyclic) bond motifs is 1. The molecule has 0 fully saturated rings. The molecule has 1 aliphatic heterocycles. The van der Waals surface area contributed by atoms with Crippen LogP contribution in [-0.2, 0) is 0 Å². The number of hydrogen-bond acceptors (Lipinski definition) is 6. The molecular formula is C18H14N4O2S. The Bertz CT molecular complexity index is 988. The maximum atomic E-state index is 10.3. The summed E-state index contributed by atoms with van der Waals surface area (Å²) in [5.74, 6) is 0.391. The molecule has 4 rings (SSSR count). The molecule has 2 heterocycles. The first-order valence-corrected chi connectivity index (χ1v) is 8.41. The van der Waals surface area contributed by atoms with E-state index in [2.05, 4.69) is 10.1 Å². The first-order valence-electron chi connectivity index (χ1n) is 7.59. The minimum Gasteiger partial charge on any atom is -0.509 e. The second kappa shape index (κ2) is 6.03. The Kier molecular flexibility index (Phi) is 3.70. The molecule has 0 amide bonds. The number of nitrogens with zero attached hydrogens (tertiary/aromatic N) is 3. The van der Waals surface area contributed by atoms with Crippen LogP contribution in [0.4, 0.5) is 0 Å². The third-order valence-corrected chi connectivity index (χ3v) is 4.88. The Balaban J connectivity index is 1.59. The smallest absolute Gasteiger partial charge is 0.155 e. The van der Waals surface area contributed by atoms with Crippen LogP contribution in [0.2, 0.25) is 0 Å². The van der Waals surface area contributed by atoms with Gasteiger partial charge in [-0.05, 0) is 42.0 Å². The van der Waals surface area contributed by atoms with Crippen LogP contribution in [0.5, 0.6) is 5.75 Å². The molecule has 3 N–H and O–H groups in total. The molecule has 0 spiro atoms. The van der Waals surface area contributed by atoms with Gasteiger partial charge in [0, 0.05) is 0 Å². The lowest BCUT2D eigenvalue weighted by Crippen LogP contribution is -2.20. The summed E-state index contributed by atoms with van der Waals surface area (Å²) in [6.07, 6.45) is 1.59. The van der Waals surface area contributed by atoms with Gasteiger partial charge in [0.15, 0.2) is 5.84 Å². The summed E-state index contributed by atoms with van der Waals surface area (Å²) in [6, 6.07) is 14.3.